The summed E-state index contributed by atoms with van der Waals surface area (Å²) in [5.74, 6) is -1.11. The van der Waals surface area contributed by atoms with E-state index < -0.39 is 35.8 Å². The molecule has 0 saturated carbocycles. The number of carboxylic acids is 1. The molecular formula is C12H18N2O6. The third-order valence-corrected chi connectivity index (χ3v) is 3.17. The molecule has 0 aromatic heterocycles. The number of nitrogens with zero attached hydrogens (tertiary/aromatic N) is 2. The van der Waals surface area contributed by atoms with E-state index in [-0.39, 0.29) is 19.7 Å². The van der Waals surface area contributed by atoms with Crippen LogP contribution in [0.15, 0.2) is 0 Å². The summed E-state index contributed by atoms with van der Waals surface area (Å²) >= 11 is 0. The number of amides is 2. The zero-order valence-electron chi connectivity index (χ0n) is 11.7. The molecule has 8 nitrogen and oxygen atoms in total. The van der Waals surface area contributed by atoms with Gasteiger partial charge in [0.05, 0.1) is 13.1 Å². The van der Waals surface area contributed by atoms with Crippen LogP contribution in [0.3, 0.4) is 0 Å². The minimum atomic E-state index is -1.11. The van der Waals surface area contributed by atoms with E-state index in [1.807, 2.05) is 0 Å². The van der Waals surface area contributed by atoms with Crippen LogP contribution in [0.1, 0.15) is 20.8 Å². The summed E-state index contributed by atoms with van der Waals surface area (Å²) in [5.41, 5.74) is -1.32. The molecule has 2 aliphatic heterocycles. The quantitative estimate of drug-likeness (QED) is 0.794. The van der Waals surface area contributed by atoms with Crippen molar-refractivity contribution in [1.29, 1.82) is 0 Å². The van der Waals surface area contributed by atoms with Crippen molar-refractivity contribution in [2.75, 3.05) is 26.2 Å². The van der Waals surface area contributed by atoms with Crippen molar-refractivity contribution < 1.29 is 29.0 Å². The van der Waals surface area contributed by atoms with E-state index in [2.05, 4.69) is 0 Å². The van der Waals surface area contributed by atoms with Crippen molar-refractivity contribution in [3.05, 3.63) is 0 Å². The van der Waals surface area contributed by atoms with Crippen molar-refractivity contribution in [3.63, 3.8) is 0 Å². The van der Waals surface area contributed by atoms with Gasteiger partial charge in [-0.2, -0.15) is 0 Å². The lowest BCUT2D eigenvalue weighted by molar-refractivity contribution is -0.139. The number of aliphatic carboxylic acids is 1. The van der Waals surface area contributed by atoms with Gasteiger partial charge in [0.2, 0.25) is 0 Å². The van der Waals surface area contributed by atoms with Gasteiger partial charge in [0.15, 0.2) is 0 Å². The van der Waals surface area contributed by atoms with E-state index in [0.717, 1.165) is 4.90 Å². The molecule has 0 unspecified atom stereocenters. The van der Waals surface area contributed by atoms with Gasteiger partial charge >= 0.3 is 18.2 Å². The highest BCUT2D eigenvalue weighted by Crippen LogP contribution is 2.34. The first-order valence-corrected chi connectivity index (χ1v) is 6.27. The Morgan fingerprint density at radius 1 is 1.40 bits per heavy atom. The lowest BCUT2D eigenvalue weighted by atomic mass is 9.90. The number of rotatable bonds is 2. The molecule has 2 heterocycles. The molecule has 0 bridgehead atoms. The van der Waals surface area contributed by atoms with Crippen LogP contribution in [0.2, 0.25) is 0 Å². The number of hydrogen-bond donors (Lipinski definition) is 1. The largest absolute Gasteiger partial charge is 0.480 e. The van der Waals surface area contributed by atoms with E-state index in [1.165, 1.54) is 4.90 Å². The van der Waals surface area contributed by atoms with Gasteiger partial charge in [-0.05, 0) is 20.8 Å². The Hall–Kier alpha value is -1.99. The highest BCUT2D eigenvalue weighted by molar-refractivity contribution is 5.80. The summed E-state index contributed by atoms with van der Waals surface area (Å²) in [4.78, 5) is 36.7. The molecule has 1 N–H and O–H groups in total. The topological polar surface area (TPSA) is 96.4 Å². The molecule has 0 radical (unpaired) electrons. The molecule has 2 aliphatic rings. The second-order valence-electron chi connectivity index (χ2n) is 6.10. The van der Waals surface area contributed by atoms with Crippen molar-refractivity contribution in [2.24, 2.45) is 0 Å². The van der Waals surface area contributed by atoms with E-state index in [1.54, 1.807) is 20.8 Å². The van der Waals surface area contributed by atoms with Crippen molar-refractivity contribution >= 4 is 18.2 Å². The minimum absolute atomic E-state index is 0.0956. The number of carbonyl (C=O) groups excluding carboxylic acids is 2. The molecular weight excluding hydrogens is 268 g/mol. The first-order valence-electron chi connectivity index (χ1n) is 6.27. The average Bonchev–Trinajstić information content (AvgIpc) is 2.51. The summed E-state index contributed by atoms with van der Waals surface area (Å²) in [6.07, 6.45) is -1.13. The van der Waals surface area contributed by atoms with Gasteiger partial charge in [-0.25, -0.2) is 9.59 Å². The Balaban J connectivity index is 1.98. The summed E-state index contributed by atoms with van der Waals surface area (Å²) < 4.78 is 10.1. The molecule has 0 aromatic rings. The molecule has 0 atom stereocenters. The Morgan fingerprint density at radius 2 is 2.00 bits per heavy atom. The highest BCUT2D eigenvalue weighted by atomic mass is 16.6. The molecule has 0 aromatic carbocycles. The molecule has 2 amide bonds. The molecule has 20 heavy (non-hydrogen) atoms. The van der Waals surface area contributed by atoms with Gasteiger partial charge in [0, 0.05) is 0 Å². The number of carboxylic acid groups (broad SMARTS) is 1. The van der Waals surface area contributed by atoms with Crippen LogP contribution in [0.5, 0.6) is 0 Å². The van der Waals surface area contributed by atoms with Crippen LogP contribution in [0.25, 0.3) is 0 Å². The van der Waals surface area contributed by atoms with Crippen LogP contribution >= 0.6 is 0 Å². The predicted octanol–water partition coefficient (Wildman–Crippen LogP) is 0.513. The number of hydrogen-bond acceptors (Lipinski definition) is 5. The summed E-state index contributed by atoms with van der Waals surface area (Å²) in [6, 6.07) is 0. The van der Waals surface area contributed by atoms with Crippen molar-refractivity contribution in [3.8, 4) is 0 Å². The fourth-order valence-electron chi connectivity index (χ4n) is 2.29. The van der Waals surface area contributed by atoms with Gasteiger partial charge in [-0.1, -0.05) is 0 Å². The van der Waals surface area contributed by atoms with Crippen LogP contribution in [0.4, 0.5) is 9.59 Å². The molecule has 2 fully saturated rings. The first-order chi connectivity index (χ1) is 9.13. The minimum Gasteiger partial charge on any atom is -0.480 e. The standard InChI is InChI=1S/C12H18N2O6/c1-11(2,3)20-9(17)13-5-12(6-13)7-19-10(18)14(12)4-8(15)16/h4-7H2,1-3H3,(H,15,16). The first kappa shape index (κ1) is 14.4. The smallest absolute Gasteiger partial charge is 0.411 e. The van der Waals surface area contributed by atoms with E-state index in [0.29, 0.717) is 0 Å². The maximum Gasteiger partial charge on any atom is 0.411 e. The summed E-state index contributed by atoms with van der Waals surface area (Å²) in [6.45, 7) is 5.40. The van der Waals surface area contributed by atoms with E-state index >= 15 is 0 Å². The second-order valence-corrected chi connectivity index (χ2v) is 6.10. The molecule has 2 rings (SSSR count). The van der Waals surface area contributed by atoms with Crippen LogP contribution in [0, 0.1) is 0 Å². The van der Waals surface area contributed by atoms with Crippen molar-refractivity contribution in [2.45, 2.75) is 31.9 Å². The predicted molar refractivity (Wildman–Crippen MR) is 66.2 cm³/mol. The fourth-order valence-corrected chi connectivity index (χ4v) is 2.29. The van der Waals surface area contributed by atoms with Gasteiger partial charge < -0.3 is 19.5 Å². The lowest BCUT2D eigenvalue weighted by Gasteiger charge is -2.49. The number of cyclic esters (lactones) is 1. The van der Waals surface area contributed by atoms with Gasteiger partial charge in [0.1, 0.15) is 24.3 Å². The molecule has 0 aliphatic carbocycles. The Labute approximate surface area is 116 Å². The molecule has 1 spiro atoms. The molecule has 2 saturated heterocycles. The average molecular weight is 286 g/mol. The Morgan fingerprint density at radius 3 is 2.50 bits per heavy atom. The van der Waals surface area contributed by atoms with Gasteiger partial charge in [-0.3, -0.25) is 9.69 Å². The molecule has 8 heteroatoms. The number of ether oxygens (including phenoxy) is 2. The van der Waals surface area contributed by atoms with E-state index in [9.17, 15) is 14.4 Å². The summed E-state index contributed by atoms with van der Waals surface area (Å²) in [5, 5.41) is 8.82. The monoisotopic (exact) mass is 286 g/mol. The lowest BCUT2D eigenvalue weighted by Crippen LogP contribution is -2.71. The SMILES string of the molecule is CC(C)(C)OC(=O)N1CC2(COC(=O)N2CC(=O)O)C1. The van der Waals surface area contributed by atoms with Crippen molar-refractivity contribution in [1.82, 2.24) is 9.80 Å². The van der Waals surface area contributed by atoms with E-state index in [4.69, 9.17) is 14.6 Å². The highest BCUT2D eigenvalue weighted by Gasteiger charge is 2.57. The normalized spacial score (nSPS) is 20.6. The number of carbonyl (C=O) groups is 3. The van der Waals surface area contributed by atoms with Crippen LogP contribution < -0.4 is 0 Å². The maximum atomic E-state index is 11.8. The Kier molecular flexibility index (Phi) is 3.27. The zero-order valence-corrected chi connectivity index (χ0v) is 11.7. The van der Waals surface area contributed by atoms with Crippen LogP contribution in [-0.4, -0.2) is 70.4 Å². The van der Waals surface area contributed by atoms with Gasteiger partial charge in [-0.15, -0.1) is 0 Å². The summed E-state index contributed by atoms with van der Waals surface area (Å²) in [7, 11) is 0. The third-order valence-electron chi connectivity index (χ3n) is 3.17. The fraction of sp³-hybridized carbons (Fsp3) is 0.750. The second kappa shape index (κ2) is 4.53. The maximum absolute atomic E-state index is 11.8. The molecule has 112 valence electrons. The third kappa shape index (κ3) is 2.63. The van der Waals surface area contributed by atoms with Crippen LogP contribution in [-0.2, 0) is 14.3 Å². The zero-order chi connectivity index (χ0) is 15.1. The Bertz CT molecular complexity index is 449. The van der Waals surface area contributed by atoms with Gasteiger partial charge in [0.25, 0.3) is 0 Å². The number of likely N-dealkylation sites (tertiary alicyclic amines) is 1.